The monoisotopic (exact) mass is 303 g/mol. The molecule has 0 unspecified atom stereocenters. The molecule has 0 aliphatic heterocycles. The predicted molar refractivity (Wildman–Crippen MR) is 74.0 cm³/mol. The smallest absolute Gasteiger partial charge is 0.404 e. The molecule has 0 spiro atoms. The molecule has 0 saturated carbocycles. The molecule has 21 heavy (non-hydrogen) atoms. The number of benzene rings is 1. The molecule has 6 heteroatoms. The molecule has 0 heterocycles. The number of hydrogen-bond donors (Lipinski definition) is 2. The Bertz CT molecular complexity index is 446. The van der Waals surface area contributed by atoms with E-state index < -0.39 is 24.2 Å². The van der Waals surface area contributed by atoms with E-state index in [0.29, 0.717) is 5.56 Å². The topological polar surface area (TPSA) is 49.3 Å². The molecule has 0 aromatic heterocycles. The molecule has 1 rings (SSSR count). The molecule has 0 bridgehead atoms. The third-order valence-electron chi connectivity index (χ3n) is 3.09. The van der Waals surface area contributed by atoms with E-state index in [4.69, 9.17) is 5.11 Å². The van der Waals surface area contributed by atoms with E-state index in [0.717, 1.165) is 0 Å². The summed E-state index contributed by atoms with van der Waals surface area (Å²) in [6, 6.07) is 5.15. The van der Waals surface area contributed by atoms with Gasteiger partial charge in [-0.25, -0.2) is 0 Å². The van der Waals surface area contributed by atoms with Gasteiger partial charge in [0.05, 0.1) is 0 Å². The fourth-order valence-corrected chi connectivity index (χ4v) is 2.07. The highest BCUT2D eigenvalue weighted by molar-refractivity contribution is 5.73. The van der Waals surface area contributed by atoms with Crippen molar-refractivity contribution in [2.24, 2.45) is 5.92 Å². The van der Waals surface area contributed by atoms with Crippen molar-refractivity contribution in [2.75, 3.05) is 0 Å². The number of hydrogen-bond acceptors (Lipinski definition) is 2. The van der Waals surface area contributed by atoms with Gasteiger partial charge in [0.1, 0.15) is 12.1 Å². The predicted octanol–water partition coefficient (Wildman–Crippen LogP) is 3.25. The van der Waals surface area contributed by atoms with Crippen molar-refractivity contribution in [1.82, 2.24) is 5.32 Å². The van der Waals surface area contributed by atoms with Gasteiger partial charge in [-0.1, -0.05) is 44.2 Å². The molecule has 0 saturated heterocycles. The second-order valence-electron chi connectivity index (χ2n) is 5.47. The van der Waals surface area contributed by atoms with Crippen molar-refractivity contribution in [3.63, 3.8) is 0 Å². The van der Waals surface area contributed by atoms with Gasteiger partial charge in [0, 0.05) is 0 Å². The van der Waals surface area contributed by atoms with Crippen LogP contribution in [0, 0.1) is 5.92 Å². The Morgan fingerprint density at radius 3 is 2.24 bits per heavy atom. The zero-order valence-corrected chi connectivity index (χ0v) is 12.0. The highest BCUT2D eigenvalue weighted by atomic mass is 19.4. The minimum atomic E-state index is -4.50. The molecule has 0 radical (unpaired) electrons. The maximum Gasteiger partial charge on any atom is 0.404 e. The first kappa shape index (κ1) is 17.5. The summed E-state index contributed by atoms with van der Waals surface area (Å²) >= 11 is 0. The van der Waals surface area contributed by atoms with E-state index in [2.05, 4.69) is 5.32 Å². The molecule has 2 N–H and O–H groups in total. The maximum atomic E-state index is 13.1. The minimum absolute atomic E-state index is 0.00999. The van der Waals surface area contributed by atoms with Crippen LogP contribution in [0.25, 0.3) is 0 Å². The first-order valence-electron chi connectivity index (χ1n) is 6.79. The Kier molecular flexibility index (Phi) is 6.20. The average Bonchev–Trinajstić information content (AvgIpc) is 2.36. The number of nitrogens with one attached hydrogen (secondary N) is 1. The van der Waals surface area contributed by atoms with Gasteiger partial charge >= 0.3 is 12.1 Å². The molecule has 118 valence electrons. The van der Waals surface area contributed by atoms with Gasteiger partial charge in [0.2, 0.25) is 0 Å². The van der Waals surface area contributed by atoms with Gasteiger partial charge in [-0.3, -0.25) is 10.1 Å². The maximum absolute atomic E-state index is 13.1. The highest BCUT2D eigenvalue weighted by Gasteiger charge is 2.41. The van der Waals surface area contributed by atoms with Gasteiger partial charge < -0.3 is 5.11 Å². The molecule has 0 amide bonds. The summed E-state index contributed by atoms with van der Waals surface area (Å²) in [5, 5.41) is 11.3. The van der Waals surface area contributed by atoms with Crippen molar-refractivity contribution < 1.29 is 23.1 Å². The Labute approximate surface area is 122 Å². The lowest BCUT2D eigenvalue weighted by atomic mass is 10.0. The lowest BCUT2D eigenvalue weighted by molar-refractivity contribution is -0.161. The van der Waals surface area contributed by atoms with Crippen molar-refractivity contribution in [3.8, 4) is 0 Å². The molecule has 1 aromatic rings. The summed E-state index contributed by atoms with van der Waals surface area (Å²) < 4.78 is 39.3. The lowest BCUT2D eigenvalue weighted by Crippen LogP contribution is -2.51. The molecule has 3 nitrogen and oxygen atoms in total. The number of carboxylic acid groups (broad SMARTS) is 1. The number of halogens is 3. The standard InChI is InChI=1S/C15H20F3NO2/c1-10(2)8-12(14(20)21)19-13(15(16,17)18)9-11-6-4-3-5-7-11/h3-7,10,12-13,19H,8-9H2,1-2H3,(H,20,21)/t12-,13-/m0/s1. The van der Waals surface area contributed by atoms with Crippen LogP contribution >= 0.6 is 0 Å². The van der Waals surface area contributed by atoms with E-state index in [1.807, 2.05) is 0 Å². The number of rotatable bonds is 7. The van der Waals surface area contributed by atoms with Gasteiger partial charge in [-0.15, -0.1) is 0 Å². The summed E-state index contributed by atoms with van der Waals surface area (Å²) in [7, 11) is 0. The van der Waals surface area contributed by atoms with Crippen LogP contribution in [0.4, 0.5) is 13.2 Å². The van der Waals surface area contributed by atoms with Crippen LogP contribution in [0.15, 0.2) is 30.3 Å². The van der Waals surface area contributed by atoms with Gasteiger partial charge in [-0.05, 0) is 24.3 Å². The quantitative estimate of drug-likeness (QED) is 0.813. The molecular weight excluding hydrogens is 283 g/mol. The van der Waals surface area contributed by atoms with Crippen LogP contribution in [-0.4, -0.2) is 29.3 Å². The molecule has 0 aliphatic rings. The Balaban J connectivity index is 2.85. The summed E-state index contributed by atoms with van der Waals surface area (Å²) in [5.74, 6) is -1.27. The zero-order chi connectivity index (χ0) is 16.0. The Hall–Kier alpha value is -1.56. The number of alkyl halides is 3. The van der Waals surface area contributed by atoms with E-state index in [1.165, 1.54) is 0 Å². The third-order valence-corrected chi connectivity index (χ3v) is 3.09. The summed E-state index contributed by atoms with van der Waals surface area (Å²) in [6.07, 6.45) is -4.64. The average molecular weight is 303 g/mol. The van der Waals surface area contributed by atoms with Crippen molar-refractivity contribution in [1.29, 1.82) is 0 Å². The van der Waals surface area contributed by atoms with E-state index in [-0.39, 0.29) is 18.8 Å². The second-order valence-corrected chi connectivity index (χ2v) is 5.47. The minimum Gasteiger partial charge on any atom is -0.480 e. The number of carbonyl (C=O) groups is 1. The molecule has 2 atom stereocenters. The highest BCUT2D eigenvalue weighted by Crippen LogP contribution is 2.24. The molecule has 0 fully saturated rings. The summed E-state index contributed by atoms with van der Waals surface area (Å²) in [4.78, 5) is 11.1. The van der Waals surface area contributed by atoms with Crippen molar-refractivity contribution >= 4 is 5.97 Å². The number of aliphatic carboxylic acids is 1. The van der Waals surface area contributed by atoms with Gasteiger partial charge in [0.25, 0.3) is 0 Å². The SMILES string of the molecule is CC(C)C[C@H](N[C@@H](Cc1ccccc1)C(F)(F)F)C(=O)O. The lowest BCUT2D eigenvalue weighted by Gasteiger charge is -2.26. The summed E-state index contributed by atoms with van der Waals surface area (Å²) in [6.45, 7) is 3.55. The van der Waals surface area contributed by atoms with Crippen LogP contribution < -0.4 is 5.32 Å². The first-order valence-corrected chi connectivity index (χ1v) is 6.79. The van der Waals surface area contributed by atoms with Crippen LogP contribution in [0.1, 0.15) is 25.8 Å². The normalized spacial score (nSPS) is 15.0. The fourth-order valence-electron chi connectivity index (χ4n) is 2.07. The van der Waals surface area contributed by atoms with E-state index >= 15 is 0 Å². The van der Waals surface area contributed by atoms with Crippen LogP contribution in [0.3, 0.4) is 0 Å². The first-order chi connectivity index (χ1) is 9.70. The van der Waals surface area contributed by atoms with Crippen LogP contribution in [0.5, 0.6) is 0 Å². The largest absolute Gasteiger partial charge is 0.480 e. The Morgan fingerprint density at radius 1 is 1.24 bits per heavy atom. The van der Waals surface area contributed by atoms with E-state index in [1.54, 1.807) is 44.2 Å². The van der Waals surface area contributed by atoms with Crippen molar-refractivity contribution in [3.05, 3.63) is 35.9 Å². The molecule has 1 aromatic carbocycles. The molecule has 0 aliphatic carbocycles. The van der Waals surface area contributed by atoms with Crippen LogP contribution in [0.2, 0.25) is 0 Å². The van der Waals surface area contributed by atoms with Gasteiger partial charge in [-0.2, -0.15) is 13.2 Å². The van der Waals surface area contributed by atoms with Gasteiger partial charge in [0.15, 0.2) is 0 Å². The van der Waals surface area contributed by atoms with Crippen molar-refractivity contribution in [2.45, 2.75) is 44.9 Å². The number of carboxylic acids is 1. The van der Waals surface area contributed by atoms with Crippen LogP contribution in [-0.2, 0) is 11.2 Å². The van der Waals surface area contributed by atoms with E-state index in [9.17, 15) is 18.0 Å². The Morgan fingerprint density at radius 2 is 1.81 bits per heavy atom. The second kappa shape index (κ2) is 7.45. The fraction of sp³-hybridized carbons (Fsp3) is 0.533. The molecular formula is C15H20F3NO2. The third kappa shape index (κ3) is 6.16. The summed E-state index contributed by atoms with van der Waals surface area (Å²) in [5.41, 5.74) is 0.515. The zero-order valence-electron chi connectivity index (χ0n) is 12.0.